The second-order valence-electron chi connectivity index (χ2n) is 5.82. The first-order valence-corrected chi connectivity index (χ1v) is 7.67. The first-order chi connectivity index (χ1) is 9.86. The number of aliphatic hydroxyl groups excluding tert-OH is 1. The van der Waals surface area contributed by atoms with Crippen LogP contribution in [0.5, 0.6) is 0 Å². The van der Waals surface area contributed by atoms with Gasteiger partial charge < -0.3 is 5.11 Å². The summed E-state index contributed by atoms with van der Waals surface area (Å²) in [7, 11) is 0. The lowest BCUT2D eigenvalue weighted by Gasteiger charge is -2.23. The molecule has 2 aromatic carbocycles. The smallest absolute Gasteiger partial charge is 0.0647 e. The van der Waals surface area contributed by atoms with Crippen molar-refractivity contribution in [1.82, 2.24) is 0 Å². The minimum Gasteiger partial charge on any atom is -0.392 e. The molecule has 1 fully saturated rings. The molecule has 0 saturated heterocycles. The highest BCUT2D eigenvalue weighted by Crippen LogP contribution is 2.31. The second-order valence-corrected chi connectivity index (χ2v) is 5.82. The van der Waals surface area contributed by atoms with Crippen LogP contribution in [-0.2, 0) is 0 Å². The van der Waals surface area contributed by atoms with E-state index in [-0.39, 0.29) is 6.61 Å². The van der Waals surface area contributed by atoms with E-state index in [1.807, 2.05) is 0 Å². The van der Waals surface area contributed by atoms with E-state index in [0.29, 0.717) is 5.92 Å². The SMILES string of the molecule is OC/C(=C/c1ccc2ccccc2c1)C1CCCCC1. The Morgan fingerprint density at radius 2 is 1.75 bits per heavy atom. The average molecular weight is 266 g/mol. The van der Waals surface area contributed by atoms with E-state index in [4.69, 9.17) is 0 Å². The molecular formula is C19H22O. The Morgan fingerprint density at radius 1 is 1.00 bits per heavy atom. The fourth-order valence-corrected chi connectivity index (χ4v) is 3.28. The summed E-state index contributed by atoms with van der Waals surface area (Å²) in [5, 5.41) is 12.2. The lowest BCUT2D eigenvalue weighted by Crippen LogP contribution is -2.11. The molecule has 0 heterocycles. The zero-order valence-electron chi connectivity index (χ0n) is 11.9. The Morgan fingerprint density at radius 3 is 2.50 bits per heavy atom. The van der Waals surface area contributed by atoms with Gasteiger partial charge in [-0.2, -0.15) is 0 Å². The fraction of sp³-hybridized carbons (Fsp3) is 0.368. The highest BCUT2D eigenvalue weighted by Gasteiger charge is 2.17. The quantitative estimate of drug-likeness (QED) is 0.846. The Hall–Kier alpha value is -1.60. The van der Waals surface area contributed by atoms with Gasteiger partial charge in [0, 0.05) is 0 Å². The topological polar surface area (TPSA) is 20.2 Å². The fourth-order valence-electron chi connectivity index (χ4n) is 3.28. The van der Waals surface area contributed by atoms with E-state index in [9.17, 15) is 5.11 Å². The van der Waals surface area contributed by atoms with Crippen molar-refractivity contribution < 1.29 is 5.11 Å². The Kier molecular flexibility index (Phi) is 4.17. The maximum absolute atomic E-state index is 9.68. The molecule has 0 bridgehead atoms. The van der Waals surface area contributed by atoms with Gasteiger partial charge in [0.2, 0.25) is 0 Å². The summed E-state index contributed by atoms with van der Waals surface area (Å²) in [4.78, 5) is 0. The first-order valence-electron chi connectivity index (χ1n) is 7.67. The highest BCUT2D eigenvalue weighted by molar-refractivity contribution is 5.84. The minimum atomic E-state index is 0.192. The molecular weight excluding hydrogens is 244 g/mol. The molecule has 20 heavy (non-hydrogen) atoms. The summed E-state index contributed by atoms with van der Waals surface area (Å²) in [6.45, 7) is 0.192. The molecule has 3 rings (SSSR count). The summed E-state index contributed by atoms with van der Waals surface area (Å²) < 4.78 is 0. The van der Waals surface area contributed by atoms with Crippen LogP contribution < -0.4 is 0 Å². The van der Waals surface area contributed by atoms with E-state index >= 15 is 0 Å². The van der Waals surface area contributed by atoms with E-state index in [0.717, 1.165) is 0 Å². The third-order valence-electron chi connectivity index (χ3n) is 4.44. The van der Waals surface area contributed by atoms with Crippen LogP contribution in [0.4, 0.5) is 0 Å². The summed E-state index contributed by atoms with van der Waals surface area (Å²) in [5.74, 6) is 0.584. The summed E-state index contributed by atoms with van der Waals surface area (Å²) >= 11 is 0. The molecule has 104 valence electrons. The third kappa shape index (κ3) is 2.94. The van der Waals surface area contributed by atoms with Crippen molar-refractivity contribution >= 4 is 16.8 Å². The molecule has 1 heteroatoms. The van der Waals surface area contributed by atoms with Crippen LogP contribution in [0.1, 0.15) is 37.7 Å². The Labute approximate surface area is 120 Å². The maximum Gasteiger partial charge on any atom is 0.0647 e. The number of hydrogen-bond acceptors (Lipinski definition) is 1. The molecule has 2 aromatic rings. The van der Waals surface area contributed by atoms with E-state index in [1.165, 1.54) is 54.0 Å². The zero-order valence-corrected chi connectivity index (χ0v) is 11.9. The predicted octanol–water partition coefficient (Wildman–Crippen LogP) is 4.80. The van der Waals surface area contributed by atoms with Gasteiger partial charge >= 0.3 is 0 Å². The molecule has 0 radical (unpaired) electrons. The van der Waals surface area contributed by atoms with Crippen LogP contribution in [0, 0.1) is 5.92 Å². The molecule has 1 aliphatic rings. The highest BCUT2D eigenvalue weighted by atomic mass is 16.3. The molecule has 0 atom stereocenters. The van der Waals surface area contributed by atoms with Gasteiger partial charge in [-0.05, 0) is 46.7 Å². The van der Waals surface area contributed by atoms with E-state index in [1.54, 1.807) is 0 Å². The largest absolute Gasteiger partial charge is 0.392 e. The molecule has 1 N–H and O–H groups in total. The monoisotopic (exact) mass is 266 g/mol. The van der Waals surface area contributed by atoms with Crippen LogP contribution in [-0.4, -0.2) is 11.7 Å². The van der Waals surface area contributed by atoms with Crippen molar-refractivity contribution in [2.24, 2.45) is 5.92 Å². The maximum atomic E-state index is 9.68. The van der Waals surface area contributed by atoms with Crippen molar-refractivity contribution in [3.63, 3.8) is 0 Å². The van der Waals surface area contributed by atoms with Crippen LogP contribution in [0.3, 0.4) is 0 Å². The third-order valence-corrected chi connectivity index (χ3v) is 4.44. The zero-order chi connectivity index (χ0) is 13.8. The molecule has 0 spiro atoms. The number of hydrogen-bond donors (Lipinski definition) is 1. The van der Waals surface area contributed by atoms with Gasteiger partial charge in [0.25, 0.3) is 0 Å². The molecule has 0 aromatic heterocycles. The number of benzene rings is 2. The van der Waals surface area contributed by atoms with E-state index in [2.05, 4.69) is 48.5 Å². The number of fused-ring (bicyclic) bond motifs is 1. The summed E-state index contributed by atoms with van der Waals surface area (Å²) in [6.07, 6.45) is 8.63. The molecule has 0 unspecified atom stereocenters. The molecule has 1 nitrogen and oxygen atoms in total. The lowest BCUT2D eigenvalue weighted by molar-refractivity contribution is 0.295. The van der Waals surface area contributed by atoms with Crippen molar-refractivity contribution in [2.75, 3.05) is 6.61 Å². The predicted molar refractivity (Wildman–Crippen MR) is 85.6 cm³/mol. The van der Waals surface area contributed by atoms with Gasteiger partial charge in [0.1, 0.15) is 0 Å². The molecule has 0 aliphatic heterocycles. The molecule has 1 saturated carbocycles. The van der Waals surface area contributed by atoms with Crippen molar-refractivity contribution in [3.05, 3.63) is 53.6 Å². The van der Waals surface area contributed by atoms with E-state index < -0.39 is 0 Å². The Bertz CT molecular complexity index is 606. The Balaban J connectivity index is 1.90. The summed E-state index contributed by atoms with van der Waals surface area (Å²) in [6, 6.07) is 15.0. The van der Waals surface area contributed by atoms with Crippen LogP contribution >= 0.6 is 0 Å². The number of rotatable bonds is 3. The summed E-state index contributed by atoms with van der Waals surface area (Å²) in [5.41, 5.74) is 2.42. The number of aliphatic hydroxyl groups is 1. The van der Waals surface area contributed by atoms with Gasteiger partial charge in [-0.15, -0.1) is 0 Å². The van der Waals surface area contributed by atoms with Crippen LogP contribution in [0.15, 0.2) is 48.0 Å². The standard InChI is InChI=1S/C19H22O/c20-14-19(16-6-2-1-3-7-16)13-15-10-11-17-8-4-5-9-18(17)12-15/h4-5,8-13,16,20H,1-3,6-7,14H2/b19-13-. The van der Waals surface area contributed by atoms with Crippen LogP contribution in [0.25, 0.3) is 16.8 Å². The van der Waals surface area contributed by atoms with Crippen molar-refractivity contribution in [2.45, 2.75) is 32.1 Å². The van der Waals surface area contributed by atoms with Crippen LogP contribution in [0.2, 0.25) is 0 Å². The second kappa shape index (κ2) is 6.23. The molecule has 1 aliphatic carbocycles. The van der Waals surface area contributed by atoms with Gasteiger partial charge in [0.05, 0.1) is 6.61 Å². The van der Waals surface area contributed by atoms with Crippen molar-refractivity contribution in [3.8, 4) is 0 Å². The minimum absolute atomic E-state index is 0.192. The van der Waals surface area contributed by atoms with Gasteiger partial charge in [-0.1, -0.05) is 61.7 Å². The lowest BCUT2D eigenvalue weighted by atomic mass is 9.83. The first kappa shape index (κ1) is 13.4. The van der Waals surface area contributed by atoms with Gasteiger partial charge in [-0.3, -0.25) is 0 Å². The van der Waals surface area contributed by atoms with Gasteiger partial charge in [0.15, 0.2) is 0 Å². The van der Waals surface area contributed by atoms with Gasteiger partial charge in [-0.25, -0.2) is 0 Å². The molecule has 0 amide bonds. The average Bonchev–Trinajstić information content (AvgIpc) is 2.53. The normalized spacial score (nSPS) is 17.6. The van der Waals surface area contributed by atoms with Crippen molar-refractivity contribution in [1.29, 1.82) is 0 Å².